The van der Waals surface area contributed by atoms with Gasteiger partial charge in [0, 0.05) is 18.7 Å². The van der Waals surface area contributed by atoms with Crippen molar-refractivity contribution in [2.24, 2.45) is 0 Å². The average molecular weight is 363 g/mol. The van der Waals surface area contributed by atoms with Gasteiger partial charge in [0.1, 0.15) is 5.75 Å². The van der Waals surface area contributed by atoms with Gasteiger partial charge < -0.3 is 4.74 Å². The summed E-state index contributed by atoms with van der Waals surface area (Å²) in [6, 6.07) is 7.86. The minimum absolute atomic E-state index is 0.0885. The van der Waals surface area contributed by atoms with Crippen LogP contribution in [0.4, 0.5) is 0 Å². The first-order valence-electron chi connectivity index (χ1n) is 8.23. The third-order valence-corrected chi connectivity index (χ3v) is 5.70. The molecule has 1 aliphatic carbocycles. The molecule has 0 atom stereocenters. The van der Waals surface area contributed by atoms with Crippen molar-refractivity contribution in [1.29, 1.82) is 0 Å². The van der Waals surface area contributed by atoms with E-state index in [0.717, 1.165) is 36.9 Å². The molecule has 0 unspecified atom stereocenters. The Hall–Kier alpha value is -2.19. The molecule has 0 aliphatic heterocycles. The van der Waals surface area contributed by atoms with E-state index in [2.05, 4.69) is 9.82 Å². The molecule has 1 heterocycles. The van der Waals surface area contributed by atoms with Crippen molar-refractivity contribution in [3.05, 3.63) is 51.9 Å². The van der Waals surface area contributed by atoms with E-state index >= 15 is 0 Å². The topological polar surface area (TPSA) is 90.3 Å². The number of nitrogens with one attached hydrogen (secondary N) is 1. The van der Waals surface area contributed by atoms with Gasteiger partial charge in [-0.1, -0.05) is 6.07 Å². The lowest BCUT2D eigenvalue weighted by molar-refractivity contribution is 0.413. The molecule has 3 rings (SSSR count). The molecule has 0 saturated carbocycles. The molecule has 7 nitrogen and oxygen atoms in total. The number of sulfonamides is 1. The van der Waals surface area contributed by atoms with Crippen LogP contribution in [0.15, 0.2) is 40.0 Å². The molecule has 0 amide bonds. The molecular formula is C17H21N3O4S. The summed E-state index contributed by atoms with van der Waals surface area (Å²) in [5, 5.41) is 4.38. The Bertz CT molecular complexity index is 922. The third-order valence-electron chi connectivity index (χ3n) is 4.24. The van der Waals surface area contributed by atoms with Crippen molar-refractivity contribution in [2.75, 3.05) is 13.7 Å². The lowest BCUT2D eigenvalue weighted by atomic mass is 9.97. The van der Waals surface area contributed by atoms with Gasteiger partial charge in [0.25, 0.3) is 5.56 Å². The molecule has 1 aromatic carbocycles. The lowest BCUT2D eigenvalue weighted by Crippen LogP contribution is -2.33. The predicted octanol–water partition coefficient (Wildman–Crippen LogP) is 1.11. The normalized spacial score (nSPS) is 14.1. The molecule has 0 spiro atoms. The molecule has 1 aliphatic rings. The van der Waals surface area contributed by atoms with E-state index in [4.69, 9.17) is 4.74 Å². The number of aryl methyl sites for hydroxylation is 2. The van der Waals surface area contributed by atoms with Crippen molar-refractivity contribution >= 4 is 10.0 Å². The maximum absolute atomic E-state index is 12.3. The first kappa shape index (κ1) is 17.6. The second-order valence-electron chi connectivity index (χ2n) is 5.96. The highest BCUT2D eigenvalue weighted by Crippen LogP contribution is 2.17. The molecular weight excluding hydrogens is 342 g/mol. The van der Waals surface area contributed by atoms with E-state index in [-0.39, 0.29) is 23.5 Å². The molecule has 8 heteroatoms. The number of fused-ring (bicyclic) bond motifs is 1. The van der Waals surface area contributed by atoms with Crippen molar-refractivity contribution in [3.8, 4) is 5.75 Å². The first-order chi connectivity index (χ1) is 12.0. The number of aromatic nitrogens is 2. The summed E-state index contributed by atoms with van der Waals surface area (Å²) in [5.41, 5.74) is 1.77. The fraction of sp³-hybridized carbons (Fsp3) is 0.412. The fourth-order valence-electron chi connectivity index (χ4n) is 2.90. The largest absolute Gasteiger partial charge is 0.497 e. The molecule has 0 saturated heterocycles. The highest BCUT2D eigenvalue weighted by molar-refractivity contribution is 7.89. The first-order valence-corrected chi connectivity index (χ1v) is 9.71. The van der Waals surface area contributed by atoms with Crippen molar-refractivity contribution in [1.82, 2.24) is 14.5 Å². The van der Waals surface area contributed by atoms with Gasteiger partial charge in [0.05, 0.1) is 24.2 Å². The number of hydrogen-bond acceptors (Lipinski definition) is 5. The number of rotatable bonds is 6. The van der Waals surface area contributed by atoms with Crippen molar-refractivity contribution in [2.45, 2.75) is 37.1 Å². The summed E-state index contributed by atoms with van der Waals surface area (Å²) in [6.07, 6.45) is 3.91. The Morgan fingerprint density at radius 3 is 2.84 bits per heavy atom. The van der Waals surface area contributed by atoms with Gasteiger partial charge in [0.2, 0.25) is 10.0 Å². The summed E-state index contributed by atoms with van der Waals surface area (Å²) in [6.45, 7) is 0.278. The van der Waals surface area contributed by atoms with Gasteiger partial charge in [-0.05, 0) is 43.4 Å². The Labute approximate surface area is 146 Å². The van der Waals surface area contributed by atoms with Crippen molar-refractivity contribution in [3.63, 3.8) is 0 Å². The minimum Gasteiger partial charge on any atom is -0.497 e. The van der Waals surface area contributed by atoms with E-state index in [1.165, 1.54) is 23.9 Å². The van der Waals surface area contributed by atoms with Gasteiger partial charge in [-0.2, -0.15) is 5.10 Å². The van der Waals surface area contributed by atoms with Crippen LogP contribution in [0.1, 0.15) is 24.1 Å². The Balaban J connectivity index is 1.69. The van der Waals surface area contributed by atoms with E-state index < -0.39 is 10.0 Å². The third kappa shape index (κ3) is 4.08. The van der Waals surface area contributed by atoms with Crippen LogP contribution in [0.25, 0.3) is 0 Å². The highest BCUT2D eigenvalue weighted by atomic mass is 32.2. The number of nitrogens with zero attached hydrogens (tertiary/aromatic N) is 2. The minimum atomic E-state index is -3.67. The van der Waals surface area contributed by atoms with Crippen LogP contribution in [-0.2, 0) is 29.4 Å². The molecule has 0 fully saturated rings. The van der Waals surface area contributed by atoms with Gasteiger partial charge in [-0.15, -0.1) is 0 Å². The molecule has 0 bridgehead atoms. The highest BCUT2D eigenvalue weighted by Gasteiger charge is 2.16. The van der Waals surface area contributed by atoms with Crippen LogP contribution >= 0.6 is 0 Å². The summed E-state index contributed by atoms with van der Waals surface area (Å²) in [5.74, 6) is 0.468. The smallest absolute Gasteiger partial charge is 0.267 e. The quantitative estimate of drug-likeness (QED) is 0.830. The molecule has 25 heavy (non-hydrogen) atoms. The second-order valence-corrected chi connectivity index (χ2v) is 7.73. The number of hydrogen-bond donors (Lipinski definition) is 1. The maximum atomic E-state index is 12.3. The van der Waals surface area contributed by atoms with E-state index in [0.29, 0.717) is 5.75 Å². The average Bonchev–Trinajstić information content (AvgIpc) is 2.62. The van der Waals surface area contributed by atoms with Crippen LogP contribution in [-0.4, -0.2) is 31.9 Å². The van der Waals surface area contributed by atoms with Gasteiger partial charge in [0.15, 0.2) is 0 Å². The summed E-state index contributed by atoms with van der Waals surface area (Å²) in [7, 11) is -2.19. The fourth-order valence-corrected chi connectivity index (χ4v) is 3.95. The Morgan fingerprint density at radius 2 is 2.04 bits per heavy atom. The SMILES string of the molecule is COc1cccc(S(=O)(=O)NCCn2nc3c(cc2=O)CCCC3)c1. The zero-order valence-electron chi connectivity index (χ0n) is 14.1. The Morgan fingerprint density at radius 1 is 1.24 bits per heavy atom. The van der Waals surface area contributed by atoms with Crippen LogP contribution in [0.3, 0.4) is 0 Å². The maximum Gasteiger partial charge on any atom is 0.267 e. The second kappa shape index (κ2) is 7.37. The molecule has 2 aromatic rings. The number of ether oxygens (including phenoxy) is 1. The molecule has 1 N–H and O–H groups in total. The number of methoxy groups -OCH3 is 1. The van der Waals surface area contributed by atoms with Gasteiger partial charge >= 0.3 is 0 Å². The standard InChI is InChI=1S/C17H21N3O4S/c1-24-14-6-4-7-15(12-14)25(22,23)18-9-10-20-17(21)11-13-5-2-3-8-16(13)19-20/h4,6-7,11-12,18H,2-3,5,8-10H2,1H3. The van der Waals surface area contributed by atoms with Gasteiger partial charge in [-0.3, -0.25) is 4.79 Å². The van der Waals surface area contributed by atoms with E-state index in [9.17, 15) is 13.2 Å². The lowest BCUT2D eigenvalue weighted by Gasteiger charge is -2.16. The zero-order chi connectivity index (χ0) is 17.9. The van der Waals surface area contributed by atoms with Gasteiger partial charge in [-0.25, -0.2) is 17.8 Å². The summed E-state index contributed by atoms with van der Waals surface area (Å²) in [4.78, 5) is 12.2. The number of benzene rings is 1. The van der Waals surface area contributed by atoms with E-state index in [1.807, 2.05) is 0 Å². The molecule has 134 valence electrons. The van der Waals surface area contributed by atoms with Crippen LogP contribution in [0, 0.1) is 0 Å². The molecule has 0 radical (unpaired) electrons. The Kier molecular flexibility index (Phi) is 5.19. The monoisotopic (exact) mass is 363 g/mol. The van der Waals surface area contributed by atoms with Crippen LogP contribution in [0.2, 0.25) is 0 Å². The van der Waals surface area contributed by atoms with Crippen LogP contribution in [0.5, 0.6) is 5.75 Å². The van der Waals surface area contributed by atoms with E-state index in [1.54, 1.807) is 18.2 Å². The van der Waals surface area contributed by atoms with Crippen molar-refractivity contribution < 1.29 is 13.2 Å². The summed E-state index contributed by atoms with van der Waals surface area (Å²) < 4.78 is 33.5. The summed E-state index contributed by atoms with van der Waals surface area (Å²) >= 11 is 0. The zero-order valence-corrected chi connectivity index (χ0v) is 14.9. The van der Waals surface area contributed by atoms with Crippen LogP contribution < -0.4 is 15.0 Å². The molecule has 1 aromatic heterocycles. The predicted molar refractivity (Wildman–Crippen MR) is 93.3 cm³/mol.